The van der Waals surface area contributed by atoms with Crippen LogP contribution >= 0.6 is 0 Å². The number of carbonyl (C=O) groups is 1. The highest BCUT2D eigenvalue weighted by molar-refractivity contribution is 5.81. The normalized spacial score (nSPS) is 10.2. The minimum absolute atomic E-state index is 0.745. The van der Waals surface area contributed by atoms with Crippen molar-refractivity contribution in [1.29, 1.82) is 0 Å². The lowest BCUT2D eigenvalue weighted by molar-refractivity contribution is 0.548. The van der Waals surface area contributed by atoms with Crippen LogP contribution in [0.25, 0.3) is 11.0 Å². The minimum Gasteiger partial charge on any atom is -0.278 e. The molecular weight excluding hydrogens is 140 g/mol. The van der Waals surface area contributed by atoms with Crippen LogP contribution in [0, 0.1) is 0 Å². The molecule has 1 heterocycles. The van der Waals surface area contributed by atoms with Gasteiger partial charge in [0.25, 0.3) is 0 Å². The fourth-order valence-corrected chi connectivity index (χ4v) is 1.06. The van der Waals surface area contributed by atoms with Gasteiger partial charge in [-0.25, -0.2) is 4.98 Å². The highest BCUT2D eigenvalue weighted by Gasteiger charge is 1.97. The molecule has 0 saturated carbocycles. The van der Waals surface area contributed by atoms with Crippen molar-refractivity contribution in [2.45, 2.75) is 0 Å². The molecule has 0 unspecified atom stereocenters. The highest BCUT2D eigenvalue weighted by atomic mass is 16.1. The third kappa shape index (κ3) is 0.816. The quantitative estimate of drug-likeness (QED) is 0.564. The van der Waals surface area contributed by atoms with Gasteiger partial charge in [0, 0.05) is 0 Å². The smallest absolute Gasteiger partial charge is 0.219 e. The molecular formula is C8H6N2O. The molecule has 0 spiro atoms. The van der Waals surface area contributed by atoms with Gasteiger partial charge in [0.1, 0.15) is 6.33 Å². The van der Waals surface area contributed by atoms with Gasteiger partial charge in [-0.1, -0.05) is 12.1 Å². The third-order valence-electron chi connectivity index (χ3n) is 1.59. The zero-order valence-electron chi connectivity index (χ0n) is 5.77. The predicted octanol–water partition coefficient (Wildman–Crippen LogP) is 1.07. The monoisotopic (exact) mass is 146 g/mol. The van der Waals surface area contributed by atoms with E-state index in [-0.39, 0.29) is 0 Å². The second-order valence-corrected chi connectivity index (χ2v) is 2.25. The topological polar surface area (TPSA) is 34.9 Å². The Bertz CT molecular complexity index is 392. The van der Waals surface area contributed by atoms with E-state index in [0.29, 0.717) is 0 Å². The molecule has 2 aromatic rings. The van der Waals surface area contributed by atoms with Crippen LogP contribution in [0.4, 0.5) is 0 Å². The van der Waals surface area contributed by atoms with Crippen LogP contribution in [0.2, 0.25) is 0 Å². The lowest BCUT2D eigenvalue weighted by Crippen LogP contribution is -1.89. The summed E-state index contributed by atoms with van der Waals surface area (Å²) in [6.07, 6.45) is 2.26. The van der Waals surface area contributed by atoms with Gasteiger partial charge in [0.05, 0.1) is 11.0 Å². The summed E-state index contributed by atoms with van der Waals surface area (Å²) in [5.41, 5.74) is 1.70. The summed E-state index contributed by atoms with van der Waals surface area (Å²) < 4.78 is 1.45. The molecule has 1 aromatic carbocycles. The van der Waals surface area contributed by atoms with Gasteiger partial charge in [-0.15, -0.1) is 0 Å². The second kappa shape index (κ2) is 2.20. The zero-order valence-corrected chi connectivity index (χ0v) is 5.77. The molecule has 2 rings (SSSR count). The molecule has 0 amide bonds. The van der Waals surface area contributed by atoms with Crippen molar-refractivity contribution < 1.29 is 4.79 Å². The number of imidazole rings is 1. The van der Waals surface area contributed by atoms with Crippen LogP contribution in [-0.2, 0) is 4.79 Å². The predicted molar refractivity (Wildman–Crippen MR) is 41.9 cm³/mol. The second-order valence-electron chi connectivity index (χ2n) is 2.25. The molecule has 3 nitrogen and oxygen atoms in total. The molecule has 0 atom stereocenters. The van der Waals surface area contributed by atoms with Crippen molar-refractivity contribution in [3.8, 4) is 0 Å². The average molecular weight is 146 g/mol. The molecule has 0 aliphatic carbocycles. The first-order valence-electron chi connectivity index (χ1n) is 3.28. The Morgan fingerprint density at radius 2 is 2.18 bits per heavy atom. The maximum Gasteiger partial charge on any atom is 0.219 e. The van der Waals surface area contributed by atoms with Crippen LogP contribution in [0.5, 0.6) is 0 Å². The number of benzene rings is 1. The summed E-state index contributed by atoms with van der Waals surface area (Å²) in [7, 11) is 0. The lowest BCUT2D eigenvalue weighted by atomic mass is 10.3. The Kier molecular flexibility index (Phi) is 1.22. The van der Waals surface area contributed by atoms with Gasteiger partial charge in [0.2, 0.25) is 6.41 Å². The van der Waals surface area contributed by atoms with Crippen LogP contribution in [0.3, 0.4) is 0 Å². The first kappa shape index (κ1) is 6.09. The Balaban J connectivity index is 2.86. The van der Waals surface area contributed by atoms with Crippen molar-refractivity contribution in [1.82, 2.24) is 9.55 Å². The summed E-state index contributed by atoms with van der Waals surface area (Å²) in [6, 6.07) is 7.50. The van der Waals surface area contributed by atoms with Crippen molar-refractivity contribution in [3.05, 3.63) is 30.6 Å². The molecule has 0 saturated heterocycles. The number of fused-ring (bicyclic) bond motifs is 1. The molecule has 1 aromatic heterocycles. The maximum atomic E-state index is 10.4. The Morgan fingerprint density at radius 3 is 3.00 bits per heavy atom. The fourth-order valence-electron chi connectivity index (χ4n) is 1.06. The number of para-hydroxylation sites is 2. The van der Waals surface area contributed by atoms with E-state index in [1.807, 2.05) is 24.3 Å². The van der Waals surface area contributed by atoms with Gasteiger partial charge in [-0.3, -0.25) is 9.36 Å². The average Bonchev–Trinajstić information content (AvgIpc) is 2.47. The molecule has 54 valence electrons. The molecule has 0 N–H and O–H groups in total. The fraction of sp³-hybridized carbons (Fsp3) is 0. The van der Waals surface area contributed by atoms with Gasteiger partial charge in [-0.05, 0) is 12.1 Å². The van der Waals surface area contributed by atoms with E-state index in [1.165, 1.54) is 10.9 Å². The molecule has 0 aliphatic rings. The van der Waals surface area contributed by atoms with Crippen LogP contribution in [0.15, 0.2) is 30.6 Å². The van der Waals surface area contributed by atoms with E-state index in [2.05, 4.69) is 4.98 Å². The number of carbonyl (C=O) groups excluding carboxylic acids is 1. The summed E-state index contributed by atoms with van der Waals surface area (Å²) in [5.74, 6) is 0. The van der Waals surface area contributed by atoms with Crippen LogP contribution in [-0.4, -0.2) is 16.0 Å². The van der Waals surface area contributed by atoms with E-state index in [4.69, 9.17) is 0 Å². The SMILES string of the molecule is O=Cn1cnc2ccccc21. The number of hydrogen-bond acceptors (Lipinski definition) is 2. The summed E-state index contributed by atoms with van der Waals surface area (Å²) in [4.78, 5) is 14.4. The summed E-state index contributed by atoms with van der Waals surface area (Å²) in [6.45, 7) is 0. The molecule has 3 heteroatoms. The summed E-state index contributed by atoms with van der Waals surface area (Å²) >= 11 is 0. The molecule has 0 aliphatic heterocycles. The number of rotatable bonds is 1. The Labute approximate surface area is 63.3 Å². The van der Waals surface area contributed by atoms with Crippen LogP contribution in [0.1, 0.15) is 0 Å². The Hall–Kier alpha value is -1.64. The van der Waals surface area contributed by atoms with E-state index in [0.717, 1.165) is 17.4 Å². The first-order chi connectivity index (χ1) is 5.42. The van der Waals surface area contributed by atoms with Crippen LogP contribution < -0.4 is 0 Å². The molecule has 0 bridgehead atoms. The Morgan fingerprint density at radius 1 is 1.36 bits per heavy atom. The van der Waals surface area contributed by atoms with E-state index < -0.39 is 0 Å². The van der Waals surface area contributed by atoms with E-state index in [9.17, 15) is 4.79 Å². The van der Waals surface area contributed by atoms with E-state index in [1.54, 1.807) is 0 Å². The highest BCUT2D eigenvalue weighted by Crippen LogP contribution is 2.09. The number of aromatic nitrogens is 2. The van der Waals surface area contributed by atoms with Gasteiger partial charge in [-0.2, -0.15) is 0 Å². The first-order valence-corrected chi connectivity index (χ1v) is 3.28. The number of hydrogen-bond donors (Lipinski definition) is 0. The van der Waals surface area contributed by atoms with E-state index >= 15 is 0 Å². The molecule has 0 fully saturated rings. The third-order valence-corrected chi connectivity index (χ3v) is 1.59. The van der Waals surface area contributed by atoms with Gasteiger partial charge < -0.3 is 0 Å². The maximum absolute atomic E-state index is 10.4. The number of nitrogens with zero attached hydrogens (tertiary/aromatic N) is 2. The molecule has 0 radical (unpaired) electrons. The summed E-state index contributed by atoms with van der Waals surface area (Å²) in [5, 5.41) is 0. The van der Waals surface area contributed by atoms with Crippen molar-refractivity contribution in [2.24, 2.45) is 0 Å². The van der Waals surface area contributed by atoms with Crippen molar-refractivity contribution >= 4 is 17.4 Å². The van der Waals surface area contributed by atoms with Gasteiger partial charge in [0.15, 0.2) is 0 Å². The van der Waals surface area contributed by atoms with Crippen molar-refractivity contribution in [3.63, 3.8) is 0 Å². The minimum atomic E-state index is 0.745. The standard InChI is InChI=1S/C8H6N2O/c11-6-10-5-9-7-3-1-2-4-8(7)10/h1-6H. The van der Waals surface area contributed by atoms with Gasteiger partial charge >= 0.3 is 0 Å². The largest absolute Gasteiger partial charge is 0.278 e. The zero-order chi connectivity index (χ0) is 7.68. The lowest BCUT2D eigenvalue weighted by Gasteiger charge is -1.88. The molecule has 11 heavy (non-hydrogen) atoms. The van der Waals surface area contributed by atoms with Crippen molar-refractivity contribution in [2.75, 3.05) is 0 Å².